The minimum atomic E-state index is 0.127. The number of carbonyl (C=O) groups excluding carboxylic acids is 1. The zero-order valence-corrected chi connectivity index (χ0v) is 11.2. The van der Waals surface area contributed by atoms with E-state index in [9.17, 15) is 4.79 Å². The minimum absolute atomic E-state index is 0.127. The molecule has 1 aliphatic rings. The van der Waals surface area contributed by atoms with Crippen molar-refractivity contribution in [3.05, 3.63) is 35.6 Å². The van der Waals surface area contributed by atoms with Crippen molar-refractivity contribution in [1.82, 2.24) is 5.32 Å². The Balaban J connectivity index is 1.77. The fourth-order valence-electron chi connectivity index (χ4n) is 2.76. The van der Waals surface area contributed by atoms with E-state index in [2.05, 4.69) is 11.4 Å². The van der Waals surface area contributed by atoms with Crippen molar-refractivity contribution in [3.63, 3.8) is 0 Å². The molecule has 1 fully saturated rings. The van der Waals surface area contributed by atoms with Crippen molar-refractivity contribution in [1.29, 1.82) is 0 Å². The molecule has 0 aliphatic carbocycles. The first-order chi connectivity index (χ1) is 9.22. The molecule has 0 amide bonds. The number of Topliss-reactive ketones (excluding diaryl/α,β-unsaturated/α-hetero) is 1. The second kappa shape index (κ2) is 5.17. The Morgan fingerprint density at radius 2 is 2.32 bits per heavy atom. The molecular formula is C16H19NO2. The van der Waals surface area contributed by atoms with Gasteiger partial charge in [-0.15, -0.1) is 0 Å². The van der Waals surface area contributed by atoms with Gasteiger partial charge in [0.2, 0.25) is 0 Å². The SMILES string of the molecule is Cc1ccc2oc(C(=O)CC3CCCNC3)cc2c1. The van der Waals surface area contributed by atoms with Crippen molar-refractivity contribution in [3.8, 4) is 0 Å². The summed E-state index contributed by atoms with van der Waals surface area (Å²) in [6.07, 6.45) is 2.89. The van der Waals surface area contributed by atoms with Gasteiger partial charge in [-0.3, -0.25) is 4.79 Å². The van der Waals surface area contributed by atoms with E-state index < -0.39 is 0 Å². The molecular weight excluding hydrogens is 238 g/mol. The van der Waals surface area contributed by atoms with E-state index in [-0.39, 0.29) is 5.78 Å². The Bertz CT molecular complexity index is 594. The average molecular weight is 257 g/mol. The van der Waals surface area contributed by atoms with E-state index >= 15 is 0 Å². The maximum Gasteiger partial charge on any atom is 0.198 e. The number of hydrogen-bond acceptors (Lipinski definition) is 3. The standard InChI is InChI=1S/C16H19NO2/c1-11-4-5-15-13(7-11)9-16(19-15)14(18)8-12-3-2-6-17-10-12/h4-5,7,9,12,17H,2-3,6,8,10H2,1H3. The molecule has 0 spiro atoms. The van der Waals surface area contributed by atoms with Crippen LogP contribution in [-0.4, -0.2) is 18.9 Å². The van der Waals surface area contributed by atoms with Gasteiger partial charge in [0, 0.05) is 11.8 Å². The normalized spacial score (nSPS) is 19.7. The molecule has 0 radical (unpaired) electrons. The molecule has 1 aliphatic heterocycles. The molecule has 1 N–H and O–H groups in total. The van der Waals surface area contributed by atoms with Gasteiger partial charge in [-0.1, -0.05) is 11.6 Å². The highest BCUT2D eigenvalue weighted by molar-refractivity contribution is 5.97. The van der Waals surface area contributed by atoms with Crippen molar-refractivity contribution in [2.75, 3.05) is 13.1 Å². The number of fused-ring (bicyclic) bond motifs is 1. The first-order valence-corrected chi connectivity index (χ1v) is 6.96. The monoisotopic (exact) mass is 257 g/mol. The topological polar surface area (TPSA) is 42.2 Å². The van der Waals surface area contributed by atoms with Crippen LogP contribution in [0.2, 0.25) is 0 Å². The summed E-state index contributed by atoms with van der Waals surface area (Å²) in [4.78, 5) is 12.2. The number of benzene rings is 1. The van der Waals surface area contributed by atoms with Crippen LogP contribution >= 0.6 is 0 Å². The molecule has 2 aromatic rings. The lowest BCUT2D eigenvalue weighted by Gasteiger charge is -2.21. The highest BCUT2D eigenvalue weighted by atomic mass is 16.3. The van der Waals surface area contributed by atoms with Crippen LogP contribution in [0, 0.1) is 12.8 Å². The summed E-state index contributed by atoms with van der Waals surface area (Å²) in [6.45, 7) is 4.07. The van der Waals surface area contributed by atoms with E-state index in [1.54, 1.807) is 0 Å². The van der Waals surface area contributed by atoms with E-state index in [1.165, 1.54) is 5.56 Å². The largest absolute Gasteiger partial charge is 0.453 e. The van der Waals surface area contributed by atoms with Gasteiger partial charge in [-0.25, -0.2) is 0 Å². The predicted octanol–water partition coefficient (Wildman–Crippen LogP) is 3.31. The second-order valence-corrected chi connectivity index (χ2v) is 5.49. The molecule has 100 valence electrons. The summed E-state index contributed by atoms with van der Waals surface area (Å²) in [5.74, 6) is 1.09. The highest BCUT2D eigenvalue weighted by Crippen LogP contribution is 2.23. The number of aryl methyl sites for hydroxylation is 1. The summed E-state index contributed by atoms with van der Waals surface area (Å²) < 4.78 is 5.66. The predicted molar refractivity (Wildman–Crippen MR) is 75.5 cm³/mol. The Kier molecular flexibility index (Phi) is 3.38. The smallest absolute Gasteiger partial charge is 0.198 e. The third-order valence-corrected chi connectivity index (χ3v) is 3.82. The molecule has 1 unspecified atom stereocenters. The van der Waals surface area contributed by atoms with Crippen LogP contribution in [0.1, 0.15) is 35.4 Å². The molecule has 3 heteroatoms. The molecule has 0 bridgehead atoms. The molecule has 1 saturated heterocycles. The Morgan fingerprint density at radius 3 is 3.11 bits per heavy atom. The maximum absolute atomic E-state index is 12.2. The van der Waals surface area contributed by atoms with Gasteiger partial charge in [0.25, 0.3) is 0 Å². The number of rotatable bonds is 3. The Morgan fingerprint density at radius 1 is 1.42 bits per heavy atom. The molecule has 1 aromatic carbocycles. The van der Waals surface area contributed by atoms with Gasteiger partial charge < -0.3 is 9.73 Å². The third kappa shape index (κ3) is 2.71. The summed E-state index contributed by atoms with van der Waals surface area (Å²) in [5, 5.41) is 4.36. The first kappa shape index (κ1) is 12.4. The van der Waals surface area contributed by atoms with Crippen LogP contribution in [0.3, 0.4) is 0 Å². The van der Waals surface area contributed by atoms with Crippen LogP contribution in [-0.2, 0) is 0 Å². The van der Waals surface area contributed by atoms with Gasteiger partial charge >= 0.3 is 0 Å². The summed E-state index contributed by atoms with van der Waals surface area (Å²) in [7, 11) is 0. The molecule has 1 aromatic heterocycles. The van der Waals surface area contributed by atoms with Crippen LogP contribution in [0.25, 0.3) is 11.0 Å². The molecule has 19 heavy (non-hydrogen) atoms. The number of hydrogen-bond donors (Lipinski definition) is 1. The van der Waals surface area contributed by atoms with Gasteiger partial charge in [-0.2, -0.15) is 0 Å². The van der Waals surface area contributed by atoms with Crippen molar-refractivity contribution in [2.24, 2.45) is 5.92 Å². The van der Waals surface area contributed by atoms with Crippen molar-refractivity contribution in [2.45, 2.75) is 26.2 Å². The number of piperidine rings is 1. The fourth-order valence-corrected chi connectivity index (χ4v) is 2.76. The van der Waals surface area contributed by atoms with Crippen molar-refractivity contribution >= 4 is 16.8 Å². The van der Waals surface area contributed by atoms with E-state index in [4.69, 9.17) is 4.42 Å². The van der Waals surface area contributed by atoms with E-state index in [1.807, 2.05) is 25.1 Å². The van der Waals surface area contributed by atoms with E-state index in [0.717, 1.165) is 36.9 Å². The summed E-state index contributed by atoms with van der Waals surface area (Å²) in [6, 6.07) is 7.87. The zero-order chi connectivity index (χ0) is 13.2. The maximum atomic E-state index is 12.2. The lowest BCUT2D eigenvalue weighted by atomic mass is 9.93. The lowest BCUT2D eigenvalue weighted by molar-refractivity contribution is 0.0928. The van der Waals surface area contributed by atoms with Crippen LogP contribution in [0.15, 0.2) is 28.7 Å². The quantitative estimate of drug-likeness (QED) is 0.858. The van der Waals surface area contributed by atoms with Crippen molar-refractivity contribution < 1.29 is 9.21 Å². The highest BCUT2D eigenvalue weighted by Gasteiger charge is 2.20. The first-order valence-electron chi connectivity index (χ1n) is 6.96. The lowest BCUT2D eigenvalue weighted by Crippen LogP contribution is -2.31. The van der Waals surface area contributed by atoms with Gasteiger partial charge in [-0.05, 0) is 57.0 Å². The van der Waals surface area contributed by atoms with Crippen LogP contribution in [0.5, 0.6) is 0 Å². The van der Waals surface area contributed by atoms with E-state index in [0.29, 0.717) is 18.1 Å². The number of carbonyl (C=O) groups is 1. The van der Waals surface area contributed by atoms with Crippen LogP contribution in [0.4, 0.5) is 0 Å². The average Bonchev–Trinajstić information content (AvgIpc) is 2.83. The third-order valence-electron chi connectivity index (χ3n) is 3.82. The van der Waals surface area contributed by atoms with Gasteiger partial charge in [0.1, 0.15) is 5.58 Å². The molecule has 3 nitrogen and oxygen atoms in total. The van der Waals surface area contributed by atoms with Gasteiger partial charge in [0.05, 0.1) is 0 Å². The minimum Gasteiger partial charge on any atom is -0.453 e. The van der Waals surface area contributed by atoms with Gasteiger partial charge in [0.15, 0.2) is 11.5 Å². The zero-order valence-electron chi connectivity index (χ0n) is 11.2. The fraction of sp³-hybridized carbons (Fsp3) is 0.438. The number of ketones is 1. The Hall–Kier alpha value is -1.61. The molecule has 1 atom stereocenters. The molecule has 0 saturated carbocycles. The Labute approximate surface area is 113 Å². The molecule has 2 heterocycles. The molecule has 3 rings (SSSR count). The van der Waals surface area contributed by atoms with Crippen LogP contribution < -0.4 is 5.32 Å². The summed E-state index contributed by atoms with van der Waals surface area (Å²) in [5.41, 5.74) is 1.99. The summed E-state index contributed by atoms with van der Waals surface area (Å²) >= 11 is 0. The number of furan rings is 1. The number of nitrogens with one attached hydrogen (secondary N) is 1. The second-order valence-electron chi connectivity index (χ2n) is 5.49.